The highest BCUT2D eigenvalue weighted by molar-refractivity contribution is 5.83. The Morgan fingerprint density at radius 1 is 1.38 bits per heavy atom. The Morgan fingerprint density at radius 3 is 2.71 bits per heavy atom. The van der Waals surface area contributed by atoms with Gasteiger partial charge < -0.3 is 15.3 Å². The predicted octanol–water partition coefficient (Wildman–Crippen LogP) is 2.06. The molecule has 0 radical (unpaired) electrons. The van der Waals surface area contributed by atoms with E-state index in [-0.39, 0.29) is 18.1 Å². The zero-order chi connectivity index (χ0) is 17.5. The first-order valence-electron chi connectivity index (χ1n) is 8.43. The van der Waals surface area contributed by atoms with E-state index >= 15 is 0 Å². The molecule has 0 bridgehead atoms. The summed E-state index contributed by atoms with van der Waals surface area (Å²) >= 11 is 0. The van der Waals surface area contributed by atoms with E-state index in [1.54, 1.807) is 0 Å². The molecule has 0 aliphatic carbocycles. The van der Waals surface area contributed by atoms with Crippen molar-refractivity contribution in [2.75, 3.05) is 19.6 Å². The Balaban J connectivity index is 1.82. The molecule has 2 N–H and O–H groups in total. The van der Waals surface area contributed by atoms with Gasteiger partial charge in [-0.1, -0.05) is 19.1 Å². The Kier molecular flexibility index (Phi) is 6.73. The van der Waals surface area contributed by atoms with E-state index < -0.39 is 12.0 Å². The van der Waals surface area contributed by atoms with Crippen molar-refractivity contribution in [2.45, 2.75) is 38.6 Å². The molecule has 2 unspecified atom stereocenters. The molecule has 132 valence electrons. The van der Waals surface area contributed by atoms with Gasteiger partial charge in [0.05, 0.1) is 0 Å². The molecule has 1 heterocycles. The SMILES string of the molecule is CC1CCCN(CCC(=O)NC(Cc2ccc(F)cc2)C(=O)O)C1. The first kappa shape index (κ1) is 18.4. The molecule has 5 nitrogen and oxygen atoms in total. The van der Waals surface area contributed by atoms with Crippen molar-refractivity contribution in [3.8, 4) is 0 Å². The number of rotatable bonds is 7. The van der Waals surface area contributed by atoms with Crippen LogP contribution >= 0.6 is 0 Å². The van der Waals surface area contributed by atoms with Gasteiger partial charge in [0.1, 0.15) is 11.9 Å². The zero-order valence-electron chi connectivity index (χ0n) is 14.0. The van der Waals surface area contributed by atoms with Crippen LogP contribution < -0.4 is 5.32 Å². The van der Waals surface area contributed by atoms with Gasteiger partial charge >= 0.3 is 5.97 Å². The Bertz CT molecular complexity index is 562. The number of hydrogen-bond acceptors (Lipinski definition) is 3. The molecular weight excluding hydrogens is 311 g/mol. The molecule has 0 saturated carbocycles. The van der Waals surface area contributed by atoms with Crippen molar-refractivity contribution in [3.05, 3.63) is 35.6 Å². The normalized spacial score (nSPS) is 19.7. The minimum Gasteiger partial charge on any atom is -0.480 e. The van der Waals surface area contributed by atoms with Gasteiger partial charge in [0, 0.05) is 25.9 Å². The maximum absolute atomic E-state index is 12.9. The van der Waals surface area contributed by atoms with Gasteiger partial charge in [-0.3, -0.25) is 4.79 Å². The number of nitrogens with one attached hydrogen (secondary N) is 1. The summed E-state index contributed by atoms with van der Waals surface area (Å²) in [4.78, 5) is 25.7. The third-order valence-corrected chi connectivity index (χ3v) is 4.38. The van der Waals surface area contributed by atoms with Crippen LogP contribution in [0.4, 0.5) is 4.39 Å². The fourth-order valence-corrected chi connectivity index (χ4v) is 3.07. The van der Waals surface area contributed by atoms with E-state index in [0.717, 1.165) is 19.5 Å². The van der Waals surface area contributed by atoms with E-state index in [4.69, 9.17) is 0 Å². The van der Waals surface area contributed by atoms with Crippen molar-refractivity contribution in [2.24, 2.45) is 5.92 Å². The minimum absolute atomic E-state index is 0.141. The second kappa shape index (κ2) is 8.78. The number of nitrogens with zero attached hydrogens (tertiary/aromatic N) is 1. The topological polar surface area (TPSA) is 69.6 Å². The summed E-state index contributed by atoms with van der Waals surface area (Å²) in [5, 5.41) is 11.9. The molecule has 2 atom stereocenters. The van der Waals surface area contributed by atoms with Crippen LogP contribution in [0, 0.1) is 11.7 Å². The highest BCUT2D eigenvalue weighted by Crippen LogP contribution is 2.15. The summed E-state index contributed by atoms with van der Waals surface area (Å²) < 4.78 is 12.9. The summed E-state index contributed by atoms with van der Waals surface area (Å²) in [6.07, 6.45) is 2.80. The van der Waals surface area contributed by atoms with Gasteiger partial charge in [0.15, 0.2) is 0 Å². The molecule has 1 aliphatic heterocycles. The van der Waals surface area contributed by atoms with Crippen LogP contribution in [0.15, 0.2) is 24.3 Å². The Labute approximate surface area is 141 Å². The number of carboxylic acids is 1. The van der Waals surface area contributed by atoms with Gasteiger partial charge in [-0.25, -0.2) is 9.18 Å². The van der Waals surface area contributed by atoms with Gasteiger partial charge in [-0.05, 0) is 43.0 Å². The summed E-state index contributed by atoms with van der Waals surface area (Å²) in [5.74, 6) is -1.07. The first-order chi connectivity index (χ1) is 11.4. The van der Waals surface area contributed by atoms with Crippen LogP contribution in [-0.2, 0) is 16.0 Å². The quantitative estimate of drug-likeness (QED) is 0.800. The average molecular weight is 336 g/mol. The number of piperidine rings is 1. The number of carboxylic acid groups (broad SMARTS) is 1. The highest BCUT2D eigenvalue weighted by atomic mass is 19.1. The van der Waals surface area contributed by atoms with E-state index in [1.165, 1.54) is 30.7 Å². The second-order valence-corrected chi connectivity index (χ2v) is 6.59. The van der Waals surface area contributed by atoms with Crippen LogP contribution in [0.3, 0.4) is 0 Å². The van der Waals surface area contributed by atoms with E-state index in [2.05, 4.69) is 17.1 Å². The number of benzene rings is 1. The lowest BCUT2D eigenvalue weighted by molar-refractivity contribution is -0.141. The summed E-state index contributed by atoms with van der Waals surface area (Å²) in [6, 6.07) is 4.64. The number of carbonyl (C=O) groups is 2. The molecule has 2 rings (SSSR count). The van der Waals surface area contributed by atoms with Crippen molar-refractivity contribution in [3.63, 3.8) is 0 Å². The largest absolute Gasteiger partial charge is 0.480 e. The number of amides is 1. The van der Waals surface area contributed by atoms with Gasteiger partial charge in [-0.15, -0.1) is 0 Å². The minimum atomic E-state index is -1.08. The Morgan fingerprint density at radius 2 is 2.08 bits per heavy atom. The number of carbonyl (C=O) groups excluding carboxylic acids is 1. The monoisotopic (exact) mass is 336 g/mol. The first-order valence-corrected chi connectivity index (χ1v) is 8.43. The maximum Gasteiger partial charge on any atom is 0.326 e. The van der Waals surface area contributed by atoms with E-state index in [1.807, 2.05) is 0 Å². The lowest BCUT2D eigenvalue weighted by atomic mass is 10.0. The van der Waals surface area contributed by atoms with Crippen molar-refractivity contribution < 1.29 is 19.1 Å². The number of aliphatic carboxylic acids is 1. The van der Waals surface area contributed by atoms with E-state index in [0.29, 0.717) is 24.4 Å². The van der Waals surface area contributed by atoms with Crippen LogP contribution in [0.5, 0.6) is 0 Å². The lowest BCUT2D eigenvalue weighted by Gasteiger charge is -2.30. The lowest BCUT2D eigenvalue weighted by Crippen LogP contribution is -2.44. The van der Waals surface area contributed by atoms with Crippen molar-refractivity contribution in [1.82, 2.24) is 10.2 Å². The molecule has 24 heavy (non-hydrogen) atoms. The predicted molar refractivity (Wildman–Crippen MR) is 89.1 cm³/mol. The van der Waals surface area contributed by atoms with Gasteiger partial charge in [0.25, 0.3) is 0 Å². The molecule has 1 amide bonds. The van der Waals surface area contributed by atoms with Gasteiger partial charge in [-0.2, -0.15) is 0 Å². The fraction of sp³-hybridized carbons (Fsp3) is 0.556. The maximum atomic E-state index is 12.9. The average Bonchev–Trinajstić information content (AvgIpc) is 2.54. The fourth-order valence-electron chi connectivity index (χ4n) is 3.07. The molecule has 1 saturated heterocycles. The van der Waals surface area contributed by atoms with Gasteiger partial charge in [0.2, 0.25) is 5.91 Å². The Hall–Kier alpha value is -1.95. The summed E-state index contributed by atoms with van der Waals surface area (Å²) in [6.45, 7) is 4.84. The third kappa shape index (κ3) is 5.92. The standard InChI is InChI=1S/C18H25FN2O3/c1-13-3-2-9-21(12-13)10-8-17(22)20-16(18(23)24)11-14-4-6-15(19)7-5-14/h4-7,13,16H,2-3,8-12H2,1H3,(H,20,22)(H,23,24). The molecule has 0 spiro atoms. The zero-order valence-corrected chi connectivity index (χ0v) is 14.0. The molecule has 1 aromatic carbocycles. The summed E-state index contributed by atoms with van der Waals surface area (Å²) in [7, 11) is 0. The molecular formula is C18H25FN2O3. The molecule has 1 aliphatic rings. The molecule has 0 aromatic heterocycles. The number of halogens is 1. The number of likely N-dealkylation sites (tertiary alicyclic amines) is 1. The number of hydrogen-bond donors (Lipinski definition) is 2. The van der Waals surface area contributed by atoms with Crippen LogP contribution in [0.2, 0.25) is 0 Å². The van der Waals surface area contributed by atoms with Crippen LogP contribution in [-0.4, -0.2) is 47.6 Å². The molecule has 1 fully saturated rings. The second-order valence-electron chi connectivity index (χ2n) is 6.59. The van der Waals surface area contributed by atoms with Crippen molar-refractivity contribution in [1.29, 1.82) is 0 Å². The highest BCUT2D eigenvalue weighted by Gasteiger charge is 2.22. The summed E-state index contributed by atoms with van der Waals surface area (Å²) in [5.41, 5.74) is 0.675. The molecule has 6 heteroatoms. The molecule has 1 aromatic rings. The smallest absolute Gasteiger partial charge is 0.326 e. The van der Waals surface area contributed by atoms with Crippen LogP contribution in [0.25, 0.3) is 0 Å². The van der Waals surface area contributed by atoms with E-state index in [9.17, 15) is 19.1 Å². The van der Waals surface area contributed by atoms with Crippen molar-refractivity contribution >= 4 is 11.9 Å². The van der Waals surface area contributed by atoms with Crippen LogP contribution in [0.1, 0.15) is 31.7 Å². The third-order valence-electron chi connectivity index (χ3n) is 4.38.